The molecular weight excluding hydrogens is 412 g/mol. The normalized spacial score (nSPS) is 12.1. The van der Waals surface area contributed by atoms with Crippen molar-refractivity contribution < 1.29 is 17.9 Å². The Labute approximate surface area is 183 Å². The Morgan fingerprint density at radius 1 is 1.00 bits per heavy atom. The molecular formula is C24H26N2O4S. The van der Waals surface area contributed by atoms with Crippen molar-refractivity contribution >= 4 is 21.6 Å². The van der Waals surface area contributed by atoms with Crippen LogP contribution in [-0.2, 0) is 10.0 Å². The number of carbonyl (C=O) groups excluding carboxylic acids is 1. The maximum atomic E-state index is 12.7. The van der Waals surface area contributed by atoms with Crippen LogP contribution in [0.15, 0.2) is 77.7 Å². The molecule has 7 heteroatoms. The maximum Gasteiger partial charge on any atom is 0.261 e. The van der Waals surface area contributed by atoms with E-state index in [-0.39, 0.29) is 16.8 Å². The summed E-state index contributed by atoms with van der Waals surface area (Å²) in [4.78, 5) is 12.9. The molecule has 162 valence electrons. The van der Waals surface area contributed by atoms with E-state index in [9.17, 15) is 13.2 Å². The highest BCUT2D eigenvalue weighted by atomic mass is 32.2. The topological polar surface area (TPSA) is 84.5 Å². The third-order valence-electron chi connectivity index (χ3n) is 4.99. The van der Waals surface area contributed by atoms with Crippen molar-refractivity contribution in [3.8, 4) is 5.75 Å². The molecule has 0 radical (unpaired) electrons. The van der Waals surface area contributed by atoms with E-state index in [1.54, 1.807) is 49.6 Å². The molecule has 0 saturated heterocycles. The van der Waals surface area contributed by atoms with Gasteiger partial charge >= 0.3 is 0 Å². The Morgan fingerprint density at radius 2 is 1.68 bits per heavy atom. The fourth-order valence-corrected chi connectivity index (χ4v) is 4.36. The second-order valence-corrected chi connectivity index (χ2v) is 8.84. The van der Waals surface area contributed by atoms with Gasteiger partial charge in [-0.25, -0.2) is 8.42 Å². The molecule has 1 atom stereocenters. The number of anilines is 1. The van der Waals surface area contributed by atoms with Crippen LogP contribution < -0.4 is 14.8 Å². The van der Waals surface area contributed by atoms with Crippen LogP contribution >= 0.6 is 0 Å². The third-order valence-corrected chi connectivity index (χ3v) is 6.38. The number of aryl methyl sites for hydroxylation is 1. The summed E-state index contributed by atoms with van der Waals surface area (Å²) in [6, 6.07) is 20.2. The molecule has 0 unspecified atom stereocenters. The van der Waals surface area contributed by atoms with E-state index < -0.39 is 10.0 Å². The second kappa shape index (κ2) is 9.66. The van der Waals surface area contributed by atoms with Crippen molar-refractivity contribution in [2.45, 2.75) is 31.2 Å². The van der Waals surface area contributed by atoms with Crippen molar-refractivity contribution in [2.75, 3.05) is 11.8 Å². The Balaban J connectivity index is 1.70. The quantitative estimate of drug-likeness (QED) is 0.535. The molecule has 3 aromatic carbocycles. The summed E-state index contributed by atoms with van der Waals surface area (Å²) in [5.74, 6) is 0.580. The first kappa shape index (κ1) is 22.4. The van der Waals surface area contributed by atoms with E-state index in [1.165, 1.54) is 12.1 Å². The number of benzene rings is 3. The number of carbonyl (C=O) groups is 1. The second-order valence-electron chi connectivity index (χ2n) is 7.16. The zero-order valence-electron chi connectivity index (χ0n) is 17.8. The fraction of sp³-hybridized carbons (Fsp3) is 0.208. The van der Waals surface area contributed by atoms with Gasteiger partial charge in [-0.15, -0.1) is 0 Å². The molecule has 0 aromatic heterocycles. The number of amides is 1. The molecule has 31 heavy (non-hydrogen) atoms. The first-order valence-electron chi connectivity index (χ1n) is 9.97. The van der Waals surface area contributed by atoms with Crippen LogP contribution in [0, 0.1) is 6.92 Å². The number of hydrogen-bond acceptors (Lipinski definition) is 4. The summed E-state index contributed by atoms with van der Waals surface area (Å²) in [5, 5.41) is 3.04. The number of methoxy groups -OCH3 is 1. The highest BCUT2D eigenvalue weighted by molar-refractivity contribution is 7.92. The lowest BCUT2D eigenvalue weighted by Crippen LogP contribution is -2.28. The Hall–Kier alpha value is -3.32. The van der Waals surface area contributed by atoms with Crippen molar-refractivity contribution in [1.29, 1.82) is 0 Å². The summed E-state index contributed by atoms with van der Waals surface area (Å²) < 4.78 is 32.7. The number of nitrogens with one attached hydrogen (secondary N) is 2. The minimum absolute atomic E-state index is 0.145. The Kier molecular flexibility index (Phi) is 6.97. The largest absolute Gasteiger partial charge is 0.496 e. The van der Waals surface area contributed by atoms with E-state index >= 15 is 0 Å². The van der Waals surface area contributed by atoms with Crippen molar-refractivity contribution in [3.63, 3.8) is 0 Å². The standard InChI is InChI=1S/C24H26N2O4S/c1-4-22(19-12-15-23(30-3)17(2)16-19)25-24(27)18-10-13-20(14-11-18)26-31(28,29)21-8-6-5-7-9-21/h5-16,22,26H,4H2,1-3H3,(H,25,27)/t22-/m0/s1. The zero-order valence-corrected chi connectivity index (χ0v) is 18.6. The van der Waals surface area contributed by atoms with Crippen LogP contribution in [0.4, 0.5) is 5.69 Å². The van der Waals surface area contributed by atoms with Gasteiger partial charge in [0.1, 0.15) is 5.75 Å². The molecule has 1 amide bonds. The highest BCUT2D eigenvalue weighted by Gasteiger charge is 2.17. The Morgan fingerprint density at radius 3 is 2.26 bits per heavy atom. The van der Waals surface area contributed by atoms with E-state index in [2.05, 4.69) is 10.0 Å². The monoisotopic (exact) mass is 438 g/mol. The van der Waals surface area contributed by atoms with Crippen LogP contribution in [0.1, 0.15) is 40.9 Å². The predicted molar refractivity (Wildman–Crippen MR) is 122 cm³/mol. The number of rotatable bonds is 8. The molecule has 0 spiro atoms. The van der Waals surface area contributed by atoms with Crippen LogP contribution in [0.2, 0.25) is 0 Å². The van der Waals surface area contributed by atoms with Gasteiger partial charge in [0.05, 0.1) is 18.0 Å². The number of hydrogen-bond donors (Lipinski definition) is 2. The average molecular weight is 439 g/mol. The smallest absolute Gasteiger partial charge is 0.261 e. The summed E-state index contributed by atoms with van der Waals surface area (Å²) in [5.41, 5.74) is 2.84. The molecule has 0 aliphatic rings. The molecule has 0 bridgehead atoms. The molecule has 0 heterocycles. The van der Waals surface area contributed by atoms with E-state index in [0.717, 1.165) is 23.3 Å². The van der Waals surface area contributed by atoms with Crippen LogP contribution in [0.3, 0.4) is 0 Å². The van der Waals surface area contributed by atoms with Gasteiger partial charge < -0.3 is 10.1 Å². The van der Waals surface area contributed by atoms with Gasteiger partial charge in [-0.2, -0.15) is 0 Å². The van der Waals surface area contributed by atoms with Gasteiger partial charge in [0.2, 0.25) is 0 Å². The summed E-state index contributed by atoms with van der Waals surface area (Å²) in [6.45, 7) is 3.97. The zero-order chi connectivity index (χ0) is 22.4. The summed E-state index contributed by atoms with van der Waals surface area (Å²) >= 11 is 0. The van der Waals surface area contributed by atoms with Gasteiger partial charge in [0, 0.05) is 11.3 Å². The lowest BCUT2D eigenvalue weighted by Gasteiger charge is -2.19. The van der Waals surface area contributed by atoms with Gasteiger partial charge in [-0.3, -0.25) is 9.52 Å². The van der Waals surface area contributed by atoms with Crippen molar-refractivity contribution in [2.24, 2.45) is 0 Å². The first-order chi connectivity index (χ1) is 14.8. The summed E-state index contributed by atoms with van der Waals surface area (Å²) in [7, 11) is -2.05. The van der Waals surface area contributed by atoms with Crippen molar-refractivity contribution in [3.05, 3.63) is 89.5 Å². The molecule has 0 fully saturated rings. The molecule has 6 nitrogen and oxygen atoms in total. The van der Waals surface area contributed by atoms with E-state index in [1.807, 2.05) is 32.0 Å². The van der Waals surface area contributed by atoms with Gasteiger partial charge in [0.15, 0.2) is 0 Å². The molecule has 2 N–H and O–H groups in total. The SMILES string of the molecule is CC[C@H](NC(=O)c1ccc(NS(=O)(=O)c2ccccc2)cc1)c1ccc(OC)c(C)c1. The van der Waals surface area contributed by atoms with E-state index in [4.69, 9.17) is 4.74 Å². The fourth-order valence-electron chi connectivity index (χ4n) is 3.28. The van der Waals surface area contributed by atoms with Crippen LogP contribution in [-0.4, -0.2) is 21.4 Å². The molecule has 3 aromatic rings. The van der Waals surface area contributed by atoms with Crippen LogP contribution in [0.5, 0.6) is 5.75 Å². The highest BCUT2D eigenvalue weighted by Crippen LogP contribution is 2.25. The lowest BCUT2D eigenvalue weighted by molar-refractivity contribution is 0.0935. The van der Waals surface area contributed by atoms with Crippen LogP contribution in [0.25, 0.3) is 0 Å². The van der Waals surface area contributed by atoms with Gasteiger partial charge in [-0.1, -0.05) is 37.3 Å². The molecule has 0 saturated carbocycles. The number of sulfonamides is 1. The minimum Gasteiger partial charge on any atom is -0.496 e. The molecule has 0 aliphatic carbocycles. The van der Waals surface area contributed by atoms with E-state index in [0.29, 0.717) is 11.3 Å². The molecule has 3 rings (SSSR count). The first-order valence-corrected chi connectivity index (χ1v) is 11.5. The third kappa shape index (κ3) is 5.44. The lowest BCUT2D eigenvalue weighted by atomic mass is 10.0. The summed E-state index contributed by atoms with van der Waals surface area (Å²) in [6.07, 6.45) is 0.729. The predicted octanol–water partition coefficient (Wildman–Crippen LogP) is 4.69. The van der Waals surface area contributed by atoms with Crippen molar-refractivity contribution in [1.82, 2.24) is 5.32 Å². The maximum absolute atomic E-state index is 12.7. The average Bonchev–Trinajstić information content (AvgIpc) is 2.78. The van der Waals surface area contributed by atoms with Gasteiger partial charge in [0.25, 0.3) is 15.9 Å². The Bertz CT molecular complexity index is 1140. The number of ether oxygens (including phenoxy) is 1. The minimum atomic E-state index is -3.68. The molecule has 0 aliphatic heterocycles. The van der Waals surface area contributed by atoms with Gasteiger partial charge in [-0.05, 0) is 66.9 Å².